The van der Waals surface area contributed by atoms with Crippen LogP contribution < -0.4 is 5.32 Å². The molecule has 0 aliphatic heterocycles. The molecule has 0 unspecified atom stereocenters. The van der Waals surface area contributed by atoms with Crippen molar-refractivity contribution in [3.63, 3.8) is 0 Å². The maximum atomic E-state index is 13.9. The lowest BCUT2D eigenvalue weighted by atomic mass is 9.72. The second-order valence-corrected chi connectivity index (χ2v) is 9.16. The Balaban J connectivity index is 1.99. The van der Waals surface area contributed by atoms with Gasteiger partial charge in [0, 0.05) is 4.88 Å². The van der Waals surface area contributed by atoms with Gasteiger partial charge >= 0.3 is 5.97 Å². The monoisotopic (exact) mass is 407 g/mol. The summed E-state index contributed by atoms with van der Waals surface area (Å²) in [5.74, 6) is -2.95. The van der Waals surface area contributed by atoms with Crippen molar-refractivity contribution in [2.75, 3.05) is 12.4 Å². The van der Waals surface area contributed by atoms with E-state index in [0.29, 0.717) is 17.9 Å². The number of fused-ring (bicyclic) bond motifs is 1. The van der Waals surface area contributed by atoms with Gasteiger partial charge in [0.05, 0.1) is 12.7 Å². The van der Waals surface area contributed by atoms with E-state index >= 15 is 0 Å². The number of amides is 1. The molecular formula is C21H23F2NO3S. The van der Waals surface area contributed by atoms with Crippen molar-refractivity contribution < 1.29 is 23.1 Å². The average Bonchev–Trinajstić information content (AvgIpc) is 2.97. The van der Waals surface area contributed by atoms with Crippen LogP contribution in [0.3, 0.4) is 0 Å². The van der Waals surface area contributed by atoms with Crippen LogP contribution in [-0.2, 0) is 17.6 Å². The van der Waals surface area contributed by atoms with E-state index in [2.05, 4.69) is 26.1 Å². The smallest absolute Gasteiger partial charge is 0.341 e. The number of anilines is 1. The summed E-state index contributed by atoms with van der Waals surface area (Å²) < 4.78 is 32.8. The molecule has 3 rings (SSSR count). The highest BCUT2D eigenvalue weighted by Gasteiger charge is 2.34. The second-order valence-electron chi connectivity index (χ2n) is 8.06. The molecule has 150 valence electrons. The lowest BCUT2D eigenvalue weighted by molar-refractivity contribution is 0.0600. The predicted octanol–water partition coefficient (Wildman–Crippen LogP) is 5.22. The van der Waals surface area contributed by atoms with Crippen LogP contribution in [0.25, 0.3) is 0 Å². The molecule has 1 aromatic heterocycles. The fourth-order valence-corrected chi connectivity index (χ4v) is 4.92. The summed E-state index contributed by atoms with van der Waals surface area (Å²) in [6, 6.07) is 3.23. The maximum absolute atomic E-state index is 13.9. The molecular weight excluding hydrogens is 384 g/mol. The number of thiophene rings is 1. The second kappa shape index (κ2) is 7.62. The Morgan fingerprint density at radius 3 is 2.39 bits per heavy atom. The summed E-state index contributed by atoms with van der Waals surface area (Å²) in [4.78, 5) is 25.9. The lowest BCUT2D eigenvalue weighted by Crippen LogP contribution is -2.26. The zero-order chi connectivity index (χ0) is 20.6. The maximum Gasteiger partial charge on any atom is 0.341 e. The first-order chi connectivity index (χ1) is 13.1. The number of ether oxygens (including phenoxy) is 1. The Bertz CT molecular complexity index is 910. The number of carbonyl (C=O) groups is 2. The van der Waals surface area contributed by atoms with E-state index in [4.69, 9.17) is 4.74 Å². The van der Waals surface area contributed by atoms with Crippen LogP contribution in [0, 0.1) is 23.0 Å². The van der Waals surface area contributed by atoms with E-state index in [1.807, 2.05) is 0 Å². The third kappa shape index (κ3) is 3.81. The molecule has 0 spiro atoms. The van der Waals surface area contributed by atoms with Crippen LogP contribution >= 0.6 is 11.3 Å². The van der Waals surface area contributed by atoms with Gasteiger partial charge in [-0.3, -0.25) is 4.79 Å². The number of halogens is 2. The molecule has 1 aliphatic rings. The normalized spacial score (nSPS) is 16.4. The third-order valence-electron chi connectivity index (χ3n) is 5.30. The minimum Gasteiger partial charge on any atom is -0.465 e. The van der Waals surface area contributed by atoms with Gasteiger partial charge in [-0.1, -0.05) is 26.8 Å². The molecule has 0 radical (unpaired) electrons. The third-order valence-corrected chi connectivity index (χ3v) is 6.47. The van der Waals surface area contributed by atoms with Crippen LogP contribution in [0.5, 0.6) is 0 Å². The lowest BCUT2D eigenvalue weighted by Gasteiger charge is -2.33. The molecule has 0 saturated carbocycles. The van der Waals surface area contributed by atoms with E-state index in [-0.39, 0.29) is 10.4 Å². The van der Waals surface area contributed by atoms with Crippen molar-refractivity contribution in [3.05, 3.63) is 51.4 Å². The van der Waals surface area contributed by atoms with E-state index in [9.17, 15) is 18.4 Å². The van der Waals surface area contributed by atoms with Crippen LogP contribution in [0.4, 0.5) is 13.8 Å². The molecule has 1 aliphatic carbocycles. The summed E-state index contributed by atoms with van der Waals surface area (Å²) >= 11 is 1.28. The van der Waals surface area contributed by atoms with E-state index in [1.165, 1.54) is 24.5 Å². The molecule has 1 atom stereocenters. The van der Waals surface area contributed by atoms with Crippen molar-refractivity contribution in [2.45, 2.75) is 40.0 Å². The van der Waals surface area contributed by atoms with Crippen LogP contribution in [-0.4, -0.2) is 19.0 Å². The molecule has 0 saturated heterocycles. The van der Waals surface area contributed by atoms with E-state index in [0.717, 1.165) is 35.4 Å². The van der Waals surface area contributed by atoms with E-state index < -0.39 is 29.1 Å². The van der Waals surface area contributed by atoms with Gasteiger partial charge in [-0.25, -0.2) is 13.6 Å². The Morgan fingerprint density at radius 2 is 1.82 bits per heavy atom. The SMILES string of the molecule is COC(=O)c1c(NC(=O)c2c(F)cccc2F)sc2c1CC[C@H](C(C)(C)C)C2. The number of carbonyl (C=O) groups excluding carboxylic acids is 2. The number of esters is 1. The minimum absolute atomic E-state index is 0.118. The number of hydrogen-bond donors (Lipinski definition) is 1. The highest BCUT2D eigenvalue weighted by atomic mass is 32.1. The zero-order valence-electron chi connectivity index (χ0n) is 16.3. The summed E-state index contributed by atoms with van der Waals surface area (Å²) in [6.45, 7) is 6.55. The van der Waals surface area contributed by atoms with Gasteiger partial charge in [0.2, 0.25) is 0 Å². The standard InChI is InChI=1S/C21H23F2NO3S/c1-21(2,3)11-8-9-12-15(10-11)28-19(16(12)20(26)27-4)24-18(25)17-13(22)6-5-7-14(17)23/h5-7,11H,8-10H2,1-4H3,(H,24,25)/t11-/m0/s1. The zero-order valence-corrected chi connectivity index (χ0v) is 17.1. The van der Waals surface area contributed by atoms with Crippen molar-refractivity contribution in [2.24, 2.45) is 11.3 Å². The molecule has 0 fully saturated rings. The average molecular weight is 407 g/mol. The van der Waals surface area contributed by atoms with Gasteiger partial charge < -0.3 is 10.1 Å². The number of nitrogens with one attached hydrogen (secondary N) is 1. The molecule has 2 aromatic rings. The fourth-order valence-electron chi connectivity index (χ4n) is 3.61. The van der Waals surface area contributed by atoms with Gasteiger partial charge in [0.1, 0.15) is 22.2 Å². The van der Waals surface area contributed by atoms with Crippen LogP contribution in [0.2, 0.25) is 0 Å². The van der Waals surface area contributed by atoms with Crippen LogP contribution in [0.15, 0.2) is 18.2 Å². The quantitative estimate of drug-likeness (QED) is 0.710. The fraction of sp³-hybridized carbons (Fsp3) is 0.429. The van der Waals surface area contributed by atoms with Crippen molar-refractivity contribution in [1.82, 2.24) is 0 Å². The highest BCUT2D eigenvalue weighted by Crippen LogP contribution is 2.44. The van der Waals surface area contributed by atoms with Crippen molar-refractivity contribution in [3.8, 4) is 0 Å². The summed E-state index contributed by atoms with van der Waals surface area (Å²) in [5.41, 5.74) is 0.603. The summed E-state index contributed by atoms with van der Waals surface area (Å²) in [6.07, 6.45) is 2.41. The van der Waals surface area contributed by atoms with Crippen molar-refractivity contribution in [1.29, 1.82) is 0 Å². The summed E-state index contributed by atoms with van der Waals surface area (Å²) in [5, 5.41) is 2.81. The topological polar surface area (TPSA) is 55.4 Å². The number of methoxy groups -OCH3 is 1. The Labute approximate surface area is 166 Å². The molecule has 1 heterocycles. The molecule has 1 N–H and O–H groups in total. The Kier molecular flexibility index (Phi) is 5.57. The Hall–Kier alpha value is -2.28. The highest BCUT2D eigenvalue weighted by molar-refractivity contribution is 7.17. The molecule has 1 aromatic carbocycles. The molecule has 7 heteroatoms. The van der Waals surface area contributed by atoms with Gasteiger partial charge in [-0.05, 0) is 48.3 Å². The molecule has 0 bridgehead atoms. The number of benzene rings is 1. The molecule has 1 amide bonds. The summed E-state index contributed by atoms with van der Waals surface area (Å²) in [7, 11) is 1.27. The molecule has 28 heavy (non-hydrogen) atoms. The Morgan fingerprint density at radius 1 is 1.18 bits per heavy atom. The first kappa shape index (κ1) is 20.5. The number of rotatable bonds is 3. The number of hydrogen-bond acceptors (Lipinski definition) is 4. The van der Waals surface area contributed by atoms with Gasteiger partial charge in [-0.2, -0.15) is 0 Å². The van der Waals surface area contributed by atoms with Crippen LogP contribution in [0.1, 0.15) is 58.3 Å². The van der Waals surface area contributed by atoms with Crippen molar-refractivity contribution >= 4 is 28.2 Å². The van der Waals surface area contributed by atoms with Gasteiger partial charge in [0.15, 0.2) is 0 Å². The molecule has 4 nitrogen and oxygen atoms in total. The minimum atomic E-state index is -0.953. The first-order valence-electron chi connectivity index (χ1n) is 9.11. The van der Waals surface area contributed by atoms with Gasteiger partial charge in [0.25, 0.3) is 5.91 Å². The van der Waals surface area contributed by atoms with E-state index in [1.54, 1.807) is 0 Å². The largest absolute Gasteiger partial charge is 0.465 e. The van der Waals surface area contributed by atoms with Gasteiger partial charge in [-0.15, -0.1) is 11.3 Å². The predicted molar refractivity (Wildman–Crippen MR) is 105 cm³/mol. The first-order valence-corrected chi connectivity index (χ1v) is 9.93.